The van der Waals surface area contributed by atoms with Crippen molar-refractivity contribution in [1.29, 1.82) is 0 Å². The first-order valence-electron chi connectivity index (χ1n) is 4.95. The van der Waals surface area contributed by atoms with Crippen LogP contribution in [0.5, 0.6) is 0 Å². The second-order valence-corrected chi connectivity index (χ2v) is 3.42. The van der Waals surface area contributed by atoms with Crippen LogP contribution in [0.15, 0.2) is 46.2 Å². The van der Waals surface area contributed by atoms with Crippen LogP contribution in [0.25, 0.3) is 10.4 Å². The minimum atomic E-state index is -1.30. The molecule has 0 aliphatic rings. The third-order valence-electron chi connectivity index (χ3n) is 2.31. The first-order valence-corrected chi connectivity index (χ1v) is 4.95. The molecule has 1 heterocycles. The van der Waals surface area contributed by atoms with Crippen LogP contribution >= 0.6 is 0 Å². The Bertz CT molecular complexity index is 517. The highest BCUT2D eigenvalue weighted by Gasteiger charge is 2.15. The average Bonchev–Trinajstić information content (AvgIpc) is 2.90. The van der Waals surface area contributed by atoms with Crippen molar-refractivity contribution in [2.75, 3.05) is 0 Å². The van der Waals surface area contributed by atoms with E-state index in [1.807, 2.05) is 0 Å². The van der Waals surface area contributed by atoms with Gasteiger partial charge in [0.05, 0.1) is 6.54 Å². The molecule has 0 bridgehead atoms. The number of aromatic nitrogens is 1. The van der Waals surface area contributed by atoms with Gasteiger partial charge in [0, 0.05) is 11.0 Å². The van der Waals surface area contributed by atoms with E-state index in [4.69, 9.17) is 5.53 Å². The van der Waals surface area contributed by atoms with Crippen molar-refractivity contribution in [2.24, 2.45) is 5.11 Å². The molecule has 5 nitrogen and oxygen atoms in total. The molecule has 86 valence electrons. The summed E-state index contributed by atoms with van der Waals surface area (Å²) in [5.41, 5.74) is 9.74. The molecule has 1 atom stereocenters. The predicted octanol–water partition coefficient (Wildman–Crippen LogP) is 3.54. The van der Waals surface area contributed by atoms with Gasteiger partial charge in [-0.2, -0.15) is 0 Å². The number of azide groups is 1. The Kier molecular flexibility index (Phi) is 3.37. The number of alkyl halides is 1. The molecule has 6 heteroatoms. The van der Waals surface area contributed by atoms with Gasteiger partial charge >= 0.3 is 0 Å². The van der Waals surface area contributed by atoms with Crippen LogP contribution in [0.4, 0.5) is 4.39 Å². The maximum atomic E-state index is 13.9. The van der Waals surface area contributed by atoms with Crippen molar-refractivity contribution in [3.8, 4) is 0 Å². The Labute approximate surface area is 96.5 Å². The zero-order valence-electron chi connectivity index (χ0n) is 8.82. The topological polar surface area (TPSA) is 74.8 Å². The number of hydrogen-bond acceptors (Lipinski definition) is 3. The lowest BCUT2D eigenvalue weighted by molar-refractivity contribution is 0.353. The summed E-state index contributed by atoms with van der Waals surface area (Å²) in [4.78, 5) is 2.66. The Hall–Kier alpha value is -2.33. The average molecular weight is 232 g/mol. The van der Waals surface area contributed by atoms with Gasteiger partial charge < -0.3 is 4.52 Å². The zero-order valence-corrected chi connectivity index (χ0v) is 8.82. The van der Waals surface area contributed by atoms with Gasteiger partial charge in [0.15, 0.2) is 6.17 Å². The maximum absolute atomic E-state index is 13.9. The molecule has 17 heavy (non-hydrogen) atoms. The summed E-state index contributed by atoms with van der Waals surface area (Å²) >= 11 is 0. The molecule has 0 radical (unpaired) electrons. The molecular weight excluding hydrogens is 223 g/mol. The normalized spacial score (nSPS) is 11.8. The summed E-state index contributed by atoms with van der Waals surface area (Å²) in [6.45, 7) is 0.262. The highest BCUT2D eigenvalue weighted by Crippen LogP contribution is 2.24. The van der Waals surface area contributed by atoms with Gasteiger partial charge in [-0.05, 0) is 16.7 Å². The third-order valence-corrected chi connectivity index (χ3v) is 2.31. The molecule has 0 spiro atoms. The van der Waals surface area contributed by atoms with Crippen LogP contribution in [0.1, 0.15) is 23.0 Å². The van der Waals surface area contributed by atoms with Crippen LogP contribution in [-0.2, 0) is 6.54 Å². The SMILES string of the molecule is [N-]=[N+]=NCc1ccc(C(F)c2ccon2)cc1. The molecule has 0 aliphatic carbocycles. The van der Waals surface area contributed by atoms with Crippen molar-refractivity contribution in [3.05, 3.63) is 63.9 Å². The summed E-state index contributed by atoms with van der Waals surface area (Å²) < 4.78 is 18.5. The summed E-state index contributed by atoms with van der Waals surface area (Å²) in [6.07, 6.45) is 0.0278. The van der Waals surface area contributed by atoms with Crippen LogP contribution in [0, 0.1) is 0 Å². The number of benzene rings is 1. The van der Waals surface area contributed by atoms with E-state index >= 15 is 0 Å². The summed E-state index contributed by atoms with van der Waals surface area (Å²) in [5, 5.41) is 6.97. The Balaban J connectivity index is 2.15. The van der Waals surface area contributed by atoms with Crippen molar-refractivity contribution in [1.82, 2.24) is 5.16 Å². The third kappa shape index (κ3) is 2.62. The van der Waals surface area contributed by atoms with E-state index in [9.17, 15) is 4.39 Å². The molecule has 2 rings (SSSR count). The fourth-order valence-corrected chi connectivity index (χ4v) is 1.43. The molecule has 0 fully saturated rings. The summed E-state index contributed by atoms with van der Waals surface area (Å²) in [6, 6.07) is 8.20. The molecule has 0 aliphatic heterocycles. The maximum Gasteiger partial charge on any atom is 0.170 e. The molecule has 1 unspecified atom stereocenters. The first kappa shape index (κ1) is 11.2. The molecule has 0 saturated heterocycles. The summed E-state index contributed by atoms with van der Waals surface area (Å²) in [7, 11) is 0. The lowest BCUT2D eigenvalue weighted by Gasteiger charge is -2.05. The van der Waals surface area contributed by atoms with Gasteiger partial charge in [-0.15, -0.1) is 0 Å². The standard InChI is InChI=1S/C11H9FN4O/c12-11(10-5-6-17-15-10)9-3-1-8(2-4-9)7-14-16-13/h1-6,11H,7H2. The minimum absolute atomic E-state index is 0.243. The molecule has 0 N–H and O–H groups in total. The van der Waals surface area contributed by atoms with Crippen molar-refractivity contribution >= 4 is 0 Å². The molecule has 1 aromatic heterocycles. The predicted molar refractivity (Wildman–Crippen MR) is 58.7 cm³/mol. The monoisotopic (exact) mass is 232 g/mol. The van der Waals surface area contributed by atoms with Gasteiger partial charge in [-0.1, -0.05) is 34.5 Å². The number of nitrogens with zero attached hydrogens (tertiary/aromatic N) is 4. The van der Waals surface area contributed by atoms with Gasteiger partial charge in [0.1, 0.15) is 12.0 Å². The van der Waals surface area contributed by atoms with E-state index in [0.717, 1.165) is 5.56 Å². The lowest BCUT2D eigenvalue weighted by Crippen LogP contribution is -1.94. The molecule has 2 aromatic rings. The van der Waals surface area contributed by atoms with Gasteiger partial charge in [-0.25, -0.2) is 4.39 Å². The van der Waals surface area contributed by atoms with Gasteiger partial charge in [0.25, 0.3) is 0 Å². The van der Waals surface area contributed by atoms with Crippen LogP contribution in [-0.4, -0.2) is 5.16 Å². The van der Waals surface area contributed by atoms with Crippen LogP contribution < -0.4 is 0 Å². The second-order valence-electron chi connectivity index (χ2n) is 3.42. The molecule has 0 amide bonds. The Morgan fingerprint density at radius 1 is 1.35 bits per heavy atom. The molecular formula is C11H9FN4O. The van der Waals surface area contributed by atoms with Crippen molar-refractivity contribution in [3.63, 3.8) is 0 Å². The van der Waals surface area contributed by atoms with E-state index in [1.54, 1.807) is 24.3 Å². The van der Waals surface area contributed by atoms with Gasteiger partial charge in [-0.3, -0.25) is 0 Å². The smallest absolute Gasteiger partial charge is 0.170 e. The zero-order chi connectivity index (χ0) is 12.1. The van der Waals surface area contributed by atoms with E-state index in [0.29, 0.717) is 5.56 Å². The quantitative estimate of drug-likeness (QED) is 0.459. The molecule has 1 aromatic carbocycles. The largest absolute Gasteiger partial charge is 0.364 e. The number of halogens is 1. The minimum Gasteiger partial charge on any atom is -0.364 e. The summed E-state index contributed by atoms with van der Waals surface area (Å²) in [5.74, 6) is 0. The Morgan fingerprint density at radius 2 is 2.12 bits per heavy atom. The second kappa shape index (κ2) is 5.14. The van der Waals surface area contributed by atoms with Crippen molar-refractivity contribution < 1.29 is 8.91 Å². The highest BCUT2D eigenvalue weighted by atomic mass is 19.1. The van der Waals surface area contributed by atoms with Gasteiger partial charge in [0.2, 0.25) is 0 Å². The van der Waals surface area contributed by atoms with Crippen LogP contribution in [0.3, 0.4) is 0 Å². The first-order chi connectivity index (χ1) is 8.31. The lowest BCUT2D eigenvalue weighted by atomic mass is 10.1. The van der Waals surface area contributed by atoms with E-state index < -0.39 is 6.17 Å². The fourth-order valence-electron chi connectivity index (χ4n) is 1.43. The number of hydrogen-bond donors (Lipinski definition) is 0. The number of rotatable bonds is 4. The van der Waals surface area contributed by atoms with Crippen molar-refractivity contribution in [2.45, 2.75) is 12.7 Å². The fraction of sp³-hybridized carbons (Fsp3) is 0.182. The van der Waals surface area contributed by atoms with Crippen LogP contribution in [0.2, 0.25) is 0 Å². The van der Waals surface area contributed by atoms with E-state index in [-0.39, 0.29) is 12.2 Å². The van der Waals surface area contributed by atoms with E-state index in [2.05, 4.69) is 19.7 Å². The van der Waals surface area contributed by atoms with E-state index in [1.165, 1.54) is 12.3 Å². The molecule has 0 saturated carbocycles. The Morgan fingerprint density at radius 3 is 2.71 bits per heavy atom. The highest BCUT2D eigenvalue weighted by molar-refractivity contribution is 5.28.